The minimum atomic E-state index is 0.518. The van der Waals surface area contributed by atoms with E-state index in [1.54, 1.807) is 18.0 Å². The zero-order valence-corrected chi connectivity index (χ0v) is 7.85. The number of hydrogen-bond acceptors (Lipinski definition) is 5. The lowest BCUT2D eigenvalue weighted by atomic mass is 10.5. The first-order valence-corrected chi connectivity index (χ1v) is 3.99. The topological polar surface area (TPSA) is 80.7 Å². The van der Waals surface area contributed by atoms with E-state index >= 15 is 0 Å². The molecule has 2 rings (SSSR count). The summed E-state index contributed by atoms with van der Waals surface area (Å²) in [5.41, 5.74) is 0.742. The third-order valence-electron chi connectivity index (χ3n) is 1.66. The van der Waals surface area contributed by atoms with Crippen LogP contribution in [0.25, 0.3) is 0 Å². The van der Waals surface area contributed by atoms with E-state index in [9.17, 15) is 0 Å². The first kappa shape index (κ1) is 8.54. The zero-order valence-electron chi connectivity index (χ0n) is 7.85. The number of nitrogens with one attached hydrogen (secondary N) is 2. The molecular weight excluding hydrogens is 184 g/mol. The molecule has 2 N–H and O–H groups in total. The molecule has 0 atom stereocenters. The van der Waals surface area contributed by atoms with Crippen molar-refractivity contribution >= 4 is 11.6 Å². The summed E-state index contributed by atoms with van der Waals surface area (Å²) >= 11 is 0. The predicted molar refractivity (Wildman–Crippen MR) is 49.4 cm³/mol. The molecule has 0 spiro atoms. The van der Waals surface area contributed by atoms with Gasteiger partial charge in [-0.05, 0) is 0 Å². The van der Waals surface area contributed by atoms with Crippen LogP contribution in [0.1, 0.15) is 0 Å². The van der Waals surface area contributed by atoms with Crippen molar-refractivity contribution in [1.29, 1.82) is 0 Å². The summed E-state index contributed by atoms with van der Waals surface area (Å²) in [7, 11) is 3.38. The maximum Gasteiger partial charge on any atom is 0.256 e. The van der Waals surface area contributed by atoms with Gasteiger partial charge in [0.1, 0.15) is 12.0 Å². The highest BCUT2D eigenvalue weighted by molar-refractivity contribution is 5.58. The van der Waals surface area contributed by atoms with Gasteiger partial charge in [0.05, 0.1) is 13.3 Å². The number of aryl methyl sites for hydroxylation is 1. The molecular formula is C7H10N6O. The van der Waals surface area contributed by atoms with E-state index in [0.717, 1.165) is 5.69 Å². The standard InChI is InChI=1S/C7H10N6O/c1-13-3-5(6(12-13)14-2)10-7-8-4-9-11-7/h3-4H,1-2H3,(H2,8,9,10,11). The molecule has 74 valence electrons. The van der Waals surface area contributed by atoms with Crippen molar-refractivity contribution in [3.63, 3.8) is 0 Å². The number of anilines is 2. The Bertz CT molecular complexity index is 406. The molecule has 2 heterocycles. The van der Waals surface area contributed by atoms with Gasteiger partial charge in [-0.2, -0.15) is 10.1 Å². The van der Waals surface area contributed by atoms with Gasteiger partial charge in [-0.3, -0.25) is 4.68 Å². The van der Waals surface area contributed by atoms with Crippen molar-refractivity contribution in [1.82, 2.24) is 25.0 Å². The number of ether oxygens (including phenoxy) is 1. The highest BCUT2D eigenvalue weighted by Gasteiger charge is 2.08. The molecule has 0 amide bonds. The second-order valence-corrected chi connectivity index (χ2v) is 2.68. The van der Waals surface area contributed by atoms with E-state index in [0.29, 0.717) is 11.8 Å². The molecule has 0 aliphatic heterocycles. The van der Waals surface area contributed by atoms with Crippen molar-refractivity contribution in [3.8, 4) is 5.88 Å². The SMILES string of the molecule is COc1nn(C)cc1Nc1ncn[nH]1. The van der Waals surface area contributed by atoms with Gasteiger partial charge in [0.25, 0.3) is 5.88 Å². The molecule has 0 aliphatic carbocycles. The normalized spacial score (nSPS) is 10.1. The monoisotopic (exact) mass is 194 g/mol. The van der Waals surface area contributed by atoms with Crippen LogP contribution in [0.5, 0.6) is 5.88 Å². The molecule has 2 aromatic rings. The third-order valence-corrected chi connectivity index (χ3v) is 1.66. The van der Waals surface area contributed by atoms with Crippen LogP contribution in [-0.4, -0.2) is 32.1 Å². The van der Waals surface area contributed by atoms with E-state index in [-0.39, 0.29) is 0 Å². The summed E-state index contributed by atoms with van der Waals surface area (Å²) in [5, 5.41) is 13.5. The summed E-state index contributed by atoms with van der Waals surface area (Å²) in [6.45, 7) is 0. The maximum atomic E-state index is 5.06. The van der Waals surface area contributed by atoms with Gasteiger partial charge in [0.15, 0.2) is 0 Å². The Balaban J connectivity index is 2.23. The van der Waals surface area contributed by atoms with Gasteiger partial charge in [0, 0.05) is 7.05 Å². The Kier molecular flexibility index (Phi) is 2.05. The number of nitrogens with zero attached hydrogens (tertiary/aromatic N) is 4. The molecule has 0 aliphatic rings. The summed E-state index contributed by atoms with van der Waals surface area (Å²) in [5.74, 6) is 1.07. The second-order valence-electron chi connectivity index (χ2n) is 2.68. The maximum absolute atomic E-state index is 5.06. The number of aromatic amines is 1. The minimum absolute atomic E-state index is 0.518. The fourth-order valence-electron chi connectivity index (χ4n) is 1.10. The first-order valence-electron chi connectivity index (χ1n) is 3.99. The molecule has 0 fully saturated rings. The van der Waals surface area contributed by atoms with Crippen LogP contribution in [-0.2, 0) is 7.05 Å². The molecule has 0 saturated carbocycles. The van der Waals surface area contributed by atoms with Crippen LogP contribution >= 0.6 is 0 Å². The lowest BCUT2D eigenvalue weighted by molar-refractivity contribution is 0.393. The first-order chi connectivity index (χ1) is 6.79. The minimum Gasteiger partial charge on any atom is -0.478 e. The Morgan fingerprint density at radius 3 is 3.07 bits per heavy atom. The Morgan fingerprint density at radius 1 is 1.57 bits per heavy atom. The highest BCUT2D eigenvalue weighted by Crippen LogP contribution is 2.23. The summed E-state index contributed by atoms with van der Waals surface area (Å²) in [4.78, 5) is 3.93. The van der Waals surface area contributed by atoms with E-state index in [1.807, 2.05) is 7.05 Å². The second kappa shape index (κ2) is 3.36. The average molecular weight is 194 g/mol. The lowest BCUT2D eigenvalue weighted by Crippen LogP contribution is -1.93. The van der Waals surface area contributed by atoms with Crippen LogP contribution in [0.4, 0.5) is 11.6 Å². The summed E-state index contributed by atoms with van der Waals surface area (Å²) < 4.78 is 6.71. The molecule has 7 nitrogen and oxygen atoms in total. The molecule has 0 saturated heterocycles. The molecule has 0 aromatic carbocycles. The molecule has 0 bridgehead atoms. The van der Waals surface area contributed by atoms with Crippen molar-refractivity contribution in [2.75, 3.05) is 12.4 Å². The van der Waals surface area contributed by atoms with Gasteiger partial charge in [-0.25, -0.2) is 5.10 Å². The van der Waals surface area contributed by atoms with Crippen LogP contribution < -0.4 is 10.1 Å². The highest BCUT2D eigenvalue weighted by atomic mass is 16.5. The number of hydrogen-bond donors (Lipinski definition) is 2. The Morgan fingerprint density at radius 2 is 2.43 bits per heavy atom. The van der Waals surface area contributed by atoms with Gasteiger partial charge in [0.2, 0.25) is 5.95 Å². The van der Waals surface area contributed by atoms with E-state index in [1.165, 1.54) is 6.33 Å². The van der Waals surface area contributed by atoms with Crippen molar-refractivity contribution in [2.24, 2.45) is 7.05 Å². The average Bonchev–Trinajstić information content (AvgIpc) is 2.76. The number of methoxy groups -OCH3 is 1. The number of aromatic nitrogens is 5. The summed E-state index contributed by atoms with van der Waals surface area (Å²) in [6, 6.07) is 0. The van der Waals surface area contributed by atoms with Crippen molar-refractivity contribution in [3.05, 3.63) is 12.5 Å². The quantitative estimate of drug-likeness (QED) is 0.734. The van der Waals surface area contributed by atoms with Crippen LogP contribution in [0.3, 0.4) is 0 Å². The van der Waals surface area contributed by atoms with Crippen LogP contribution in [0, 0.1) is 0 Å². The molecule has 14 heavy (non-hydrogen) atoms. The lowest BCUT2D eigenvalue weighted by Gasteiger charge is -1.99. The van der Waals surface area contributed by atoms with Crippen LogP contribution in [0.2, 0.25) is 0 Å². The molecule has 0 unspecified atom stereocenters. The van der Waals surface area contributed by atoms with Gasteiger partial charge >= 0.3 is 0 Å². The number of H-pyrrole nitrogens is 1. The van der Waals surface area contributed by atoms with Crippen molar-refractivity contribution < 1.29 is 4.74 Å². The molecule has 0 radical (unpaired) electrons. The largest absolute Gasteiger partial charge is 0.478 e. The van der Waals surface area contributed by atoms with E-state index in [2.05, 4.69) is 25.6 Å². The Labute approximate surface area is 80.1 Å². The molecule has 7 heteroatoms. The Hall–Kier alpha value is -2.05. The van der Waals surface area contributed by atoms with Gasteiger partial charge < -0.3 is 10.1 Å². The van der Waals surface area contributed by atoms with Gasteiger partial charge in [-0.15, -0.1) is 5.10 Å². The summed E-state index contributed by atoms with van der Waals surface area (Å²) in [6.07, 6.45) is 3.21. The fourth-order valence-corrected chi connectivity index (χ4v) is 1.10. The number of rotatable bonds is 3. The van der Waals surface area contributed by atoms with E-state index in [4.69, 9.17) is 4.74 Å². The predicted octanol–water partition coefficient (Wildman–Crippen LogP) is 0.290. The van der Waals surface area contributed by atoms with Crippen molar-refractivity contribution in [2.45, 2.75) is 0 Å². The fraction of sp³-hybridized carbons (Fsp3) is 0.286. The third kappa shape index (κ3) is 1.51. The van der Waals surface area contributed by atoms with E-state index < -0.39 is 0 Å². The van der Waals surface area contributed by atoms with Crippen LogP contribution in [0.15, 0.2) is 12.5 Å². The smallest absolute Gasteiger partial charge is 0.256 e. The molecule has 2 aromatic heterocycles. The van der Waals surface area contributed by atoms with Gasteiger partial charge in [-0.1, -0.05) is 0 Å². The zero-order chi connectivity index (χ0) is 9.97.